The molecule has 3 heterocycles. The molecule has 6 nitrogen and oxygen atoms in total. The molecule has 0 saturated heterocycles. The summed E-state index contributed by atoms with van der Waals surface area (Å²) in [5, 5.41) is 9.73. The molecular weight excluding hydrogens is 360 g/mol. The number of nitrogens with zero attached hydrogens (tertiary/aromatic N) is 4. The average molecular weight is 378 g/mol. The van der Waals surface area contributed by atoms with E-state index in [1.165, 1.54) is 12.8 Å². The summed E-state index contributed by atoms with van der Waals surface area (Å²) >= 11 is 1.62. The van der Waals surface area contributed by atoms with Crippen LogP contribution in [0.1, 0.15) is 36.0 Å². The first-order valence-corrected chi connectivity index (χ1v) is 9.93. The van der Waals surface area contributed by atoms with Gasteiger partial charge in [0.15, 0.2) is 5.16 Å². The number of rotatable bonds is 7. The van der Waals surface area contributed by atoms with Crippen LogP contribution in [0.25, 0.3) is 11.5 Å². The lowest BCUT2D eigenvalue weighted by molar-refractivity contribution is 0.478. The molecule has 0 N–H and O–H groups in total. The highest BCUT2D eigenvalue weighted by Gasteiger charge is 2.30. The van der Waals surface area contributed by atoms with Crippen LogP contribution < -0.4 is 0 Å². The molecule has 0 radical (unpaired) electrons. The number of aromatic nitrogens is 4. The van der Waals surface area contributed by atoms with Crippen molar-refractivity contribution in [2.45, 2.75) is 36.2 Å². The Morgan fingerprint density at radius 3 is 2.70 bits per heavy atom. The average Bonchev–Trinajstić information content (AvgIpc) is 3.11. The van der Waals surface area contributed by atoms with Crippen LogP contribution in [0.2, 0.25) is 0 Å². The zero-order valence-electron chi connectivity index (χ0n) is 14.6. The van der Waals surface area contributed by atoms with E-state index in [1.807, 2.05) is 42.5 Å². The van der Waals surface area contributed by atoms with Gasteiger partial charge in [0.2, 0.25) is 5.89 Å². The standard InChI is InChI=1S/C20H18N4O2S/c1-2-5-15(6-3-1)19-21-16(12-26-19)13-27-20-23-22-18(14-8-9-14)24(20)11-17-7-4-10-25-17/h1-7,10,12,14H,8-9,11,13H2. The van der Waals surface area contributed by atoms with E-state index in [0.29, 0.717) is 24.1 Å². The Kier molecular flexibility index (Phi) is 4.29. The highest BCUT2D eigenvalue weighted by molar-refractivity contribution is 7.98. The highest BCUT2D eigenvalue weighted by Crippen LogP contribution is 2.40. The number of benzene rings is 1. The lowest BCUT2D eigenvalue weighted by Gasteiger charge is -2.07. The fraction of sp³-hybridized carbons (Fsp3) is 0.250. The molecule has 0 spiro atoms. The summed E-state index contributed by atoms with van der Waals surface area (Å²) in [6, 6.07) is 13.8. The normalized spacial score (nSPS) is 13.9. The number of hydrogen-bond acceptors (Lipinski definition) is 6. The first-order chi connectivity index (χ1) is 13.4. The molecule has 5 rings (SSSR count). The van der Waals surface area contributed by atoms with Crippen LogP contribution in [0.15, 0.2) is 69.0 Å². The summed E-state index contributed by atoms with van der Waals surface area (Å²) in [5.74, 6) is 3.81. The largest absolute Gasteiger partial charge is 0.467 e. The number of furan rings is 1. The Morgan fingerprint density at radius 1 is 1.04 bits per heavy atom. The summed E-state index contributed by atoms with van der Waals surface area (Å²) in [6.07, 6.45) is 5.78. The van der Waals surface area contributed by atoms with E-state index in [1.54, 1.807) is 24.3 Å². The first kappa shape index (κ1) is 16.4. The van der Waals surface area contributed by atoms with E-state index in [9.17, 15) is 0 Å². The van der Waals surface area contributed by atoms with Gasteiger partial charge in [0, 0.05) is 17.2 Å². The van der Waals surface area contributed by atoms with Crippen LogP contribution >= 0.6 is 11.8 Å². The Balaban J connectivity index is 1.33. The molecular formula is C20H18N4O2S. The van der Waals surface area contributed by atoms with Crippen molar-refractivity contribution in [2.24, 2.45) is 0 Å². The molecule has 136 valence electrons. The van der Waals surface area contributed by atoms with Gasteiger partial charge in [0.1, 0.15) is 17.8 Å². The number of hydrogen-bond donors (Lipinski definition) is 0. The molecule has 1 aromatic carbocycles. The minimum atomic E-state index is 0.526. The van der Waals surface area contributed by atoms with Gasteiger partial charge in [0.25, 0.3) is 0 Å². The Bertz CT molecular complexity index is 1020. The first-order valence-electron chi connectivity index (χ1n) is 8.95. The van der Waals surface area contributed by atoms with Gasteiger partial charge in [-0.25, -0.2) is 4.98 Å². The van der Waals surface area contributed by atoms with Crippen molar-refractivity contribution in [3.8, 4) is 11.5 Å². The molecule has 0 atom stereocenters. The van der Waals surface area contributed by atoms with Crippen LogP contribution in [0, 0.1) is 0 Å². The molecule has 0 amide bonds. The second-order valence-electron chi connectivity index (χ2n) is 6.58. The lowest BCUT2D eigenvalue weighted by atomic mass is 10.2. The third kappa shape index (κ3) is 3.55. The second kappa shape index (κ2) is 7.08. The maximum atomic E-state index is 5.63. The zero-order chi connectivity index (χ0) is 18.1. The van der Waals surface area contributed by atoms with Crippen LogP contribution in [-0.4, -0.2) is 19.7 Å². The molecule has 0 unspecified atom stereocenters. The summed E-state index contributed by atoms with van der Waals surface area (Å²) < 4.78 is 13.3. The minimum Gasteiger partial charge on any atom is -0.467 e. The predicted molar refractivity (Wildman–Crippen MR) is 101 cm³/mol. The predicted octanol–water partition coefficient (Wildman–Crippen LogP) is 4.74. The maximum absolute atomic E-state index is 5.63. The van der Waals surface area contributed by atoms with Gasteiger partial charge >= 0.3 is 0 Å². The van der Waals surface area contributed by atoms with Crippen molar-refractivity contribution < 1.29 is 8.83 Å². The van der Waals surface area contributed by atoms with Crippen molar-refractivity contribution >= 4 is 11.8 Å². The Morgan fingerprint density at radius 2 is 1.93 bits per heavy atom. The van der Waals surface area contributed by atoms with E-state index < -0.39 is 0 Å². The molecule has 1 fully saturated rings. The van der Waals surface area contributed by atoms with Crippen molar-refractivity contribution in [2.75, 3.05) is 0 Å². The van der Waals surface area contributed by atoms with E-state index in [4.69, 9.17) is 8.83 Å². The van der Waals surface area contributed by atoms with E-state index in [-0.39, 0.29) is 0 Å². The quantitative estimate of drug-likeness (QED) is 0.433. The Hall–Kier alpha value is -2.80. The van der Waals surface area contributed by atoms with E-state index in [2.05, 4.69) is 19.7 Å². The monoisotopic (exact) mass is 378 g/mol. The molecule has 27 heavy (non-hydrogen) atoms. The van der Waals surface area contributed by atoms with Crippen molar-refractivity contribution in [3.05, 3.63) is 72.3 Å². The lowest BCUT2D eigenvalue weighted by Crippen LogP contribution is -2.05. The molecule has 0 aliphatic heterocycles. The molecule has 1 aliphatic rings. The zero-order valence-corrected chi connectivity index (χ0v) is 15.4. The van der Waals surface area contributed by atoms with Gasteiger partial charge in [0.05, 0.1) is 18.5 Å². The topological polar surface area (TPSA) is 69.9 Å². The SMILES string of the molecule is c1ccc(-c2nc(CSc3nnc(C4CC4)n3Cc3ccco3)co2)cc1. The molecule has 1 saturated carbocycles. The molecule has 7 heteroatoms. The van der Waals surface area contributed by atoms with Crippen LogP contribution in [-0.2, 0) is 12.3 Å². The van der Waals surface area contributed by atoms with Gasteiger partial charge in [-0.2, -0.15) is 0 Å². The van der Waals surface area contributed by atoms with Gasteiger partial charge in [-0.3, -0.25) is 4.57 Å². The fourth-order valence-electron chi connectivity index (χ4n) is 2.98. The van der Waals surface area contributed by atoms with Crippen LogP contribution in [0.3, 0.4) is 0 Å². The van der Waals surface area contributed by atoms with Gasteiger partial charge in [-0.1, -0.05) is 30.0 Å². The van der Waals surface area contributed by atoms with E-state index >= 15 is 0 Å². The van der Waals surface area contributed by atoms with Crippen molar-refractivity contribution in [3.63, 3.8) is 0 Å². The minimum absolute atomic E-state index is 0.526. The van der Waals surface area contributed by atoms with Crippen LogP contribution in [0.4, 0.5) is 0 Å². The molecule has 3 aromatic heterocycles. The van der Waals surface area contributed by atoms with Gasteiger partial charge in [-0.05, 0) is 37.1 Å². The molecule has 4 aromatic rings. The third-order valence-electron chi connectivity index (χ3n) is 4.50. The summed E-state index contributed by atoms with van der Waals surface area (Å²) in [5.41, 5.74) is 1.87. The number of thioether (sulfide) groups is 1. The van der Waals surface area contributed by atoms with Crippen LogP contribution in [0.5, 0.6) is 0 Å². The highest BCUT2D eigenvalue weighted by atomic mass is 32.2. The van der Waals surface area contributed by atoms with Crippen molar-refractivity contribution in [1.29, 1.82) is 0 Å². The van der Waals surface area contributed by atoms with Crippen molar-refractivity contribution in [1.82, 2.24) is 19.7 Å². The third-order valence-corrected chi connectivity index (χ3v) is 5.50. The number of oxazole rings is 1. The fourth-order valence-corrected chi connectivity index (χ4v) is 3.80. The van der Waals surface area contributed by atoms with E-state index in [0.717, 1.165) is 28.0 Å². The van der Waals surface area contributed by atoms with Gasteiger partial charge in [-0.15, -0.1) is 10.2 Å². The maximum Gasteiger partial charge on any atom is 0.226 e. The Labute approximate surface area is 160 Å². The summed E-state index contributed by atoms with van der Waals surface area (Å²) in [6.45, 7) is 0.655. The summed E-state index contributed by atoms with van der Waals surface area (Å²) in [4.78, 5) is 4.59. The summed E-state index contributed by atoms with van der Waals surface area (Å²) in [7, 11) is 0. The molecule has 0 bridgehead atoms. The second-order valence-corrected chi connectivity index (χ2v) is 7.52. The molecule has 1 aliphatic carbocycles. The smallest absolute Gasteiger partial charge is 0.226 e. The van der Waals surface area contributed by atoms with Gasteiger partial charge < -0.3 is 8.83 Å².